The third-order valence-electron chi connectivity index (χ3n) is 15.4. The Bertz CT molecular complexity index is 1820. The lowest BCUT2D eigenvalue weighted by Gasteiger charge is -2.20. The minimum Gasteiger partial charge on any atom is -0.481 e. The van der Waals surface area contributed by atoms with Crippen LogP contribution >= 0.6 is 0 Å². The molecule has 95 heavy (non-hydrogen) atoms. The van der Waals surface area contributed by atoms with E-state index in [4.69, 9.17) is 68.2 Å². The van der Waals surface area contributed by atoms with E-state index < -0.39 is 35.7 Å². The van der Waals surface area contributed by atoms with Crippen molar-refractivity contribution in [1.29, 1.82) is 0 Å². The van der Waals surface area contributed by atoms with Crippen LogP contribution in [-0.2, 0) is 76.2 Å². The molecule has 0 amide bonds. The summed E-state index contributed by atoms with van der Waals surface area (Å²) in [4.78, 5) is 80.8. The van der Waals surface area contributed by atoms with Crippen molar-refractivity contribution in [3.63, 3.8) is 0 Å². The number of aliphatic hydroxyl groups is 3. The predicted molar refractivity (Wildman–Crippen MR) is 372 cm³/mol. The Labute approximate surface area is 576 Å². The van der Waals surface area contributed by atoms with Crippen molar-refractivity contribution in [2.24, 2.45) is 23.7 Å². The summed E-state index contributed by atoms with van der Waals surface area (Å²) < 4.78 is 48.0. The Balaban J connectivity index is -0.000000565. The van der Waals surface area contributed by atoms with Crippen molar-refractivity contribution in [3.8, 4) is 0 Å². The van der Waals surface area contributed by atoms with Gasteiger partial charge >= 0.3 is 41.8 Å². The molecule has 0 aliphatic carbocycles. The van der Waals surface area contributed by atoms with E-state index in [9.17, 15) is 33.6 Å². The second-order valence-corrected chi connectivity index (χ2v) is 25.9. The number of carboxylic acids is 2. The van der Waals surface area contributed by atoms with Gasteiger partial charge < -0.3 is 68.2 Å². The van der Waals surface area contributed by atoms with Crippen molar-refractivity contribution in [1.82, 2.24) is 0 Å². The van der Waals surface area contributed by atoms with Gasteiger partial charge in [-0.05, 0) is 98.3 Å². The van der Waals surface area contributed by atoms with Crippen LogP contribution in [0.25, 0.3) is 0 Å². The summed E-state index contributed by atoms with van der Waals surface area (Å²) in [7, 11) is 0. The number of carbonyl (C=O) groups excluding carboxylic acids is 5. The third kappa shape index (κ3) is 60.9. The first-order chi connectivity index (χ1) is 45.2. The first kappa shape index (κ1) is 97.4. The Hall–Kier alpha value is -3.99. The van der Waals surface area contributed by atoms with Gasteiger partial charge in [0, 0.05) is 19.3 Å². The van der Waals surface area contributed by atoms with Crippen LogP contribution in [0.3, 0.4) is 0 Å². The number of carboxylic acid groups (broad SMARTS) is 2. The van der Waals surface area contributed by atoms with E-state index in [1.54, 1.807) is 0 Å². The molecule has 0 spiro atoms. The second kappa shape index (κ2) is 65.9. The fourth-order valence-electron chi connectivity index (χ4n) is 10.2. The van der Waals surface area contributed by atoms with Gasteiger partial charge in [0.05, 0.1) is 50.1 Å². The molecule has 4 unspecified atom stereocenters. The number of hydrogen-bond acceptors (Lipinski definition) is 19. The summed E-state index contributed by atoms with van der Waals surface area (Å²) in [5.41, 5.74) is 0. The summed E-state index contributed by atoms with van der Waals surface area (Å²) in [5, 5.41) is 43.1. The van der Waals surface area contributed by atoms with Gasteiger partial charge in [-0.25, -0.2) is 0 Å². The maximum absolute atomic E-state index is 12.5. The molecule has 0 aromatic heterocycles. The van der Waals surface area contributed by atoms with Gasteiger partial charge in [0.15, 0.2) is 17.7 Å². The zero-order valence-electron chi connectivity index (χ0n) is 62.6. The van der Waals surface area contributed by atoms with Gasteiger partial charge in [0.2, 0.25) is 0 Å². The molecular formula is C74H142O21. The Morgan fingerprint density at radius 2 is 0.747 bits per heavy atom. The lowest BCUT2D eigenvalue weighted by Crippen LogP contribution is -2.32. The highest BCUT2D eigenvalue weighted by Crippen LogP contribution is 2.25. The summed E-state index contributed by atoms with van der Waals surface area (Å²) in [6.45, 7) is 30.9. The molecule has 0 radical (unpaired) electrons. The van der Waals surface area contributed by atoms with E-state index in [0.717, 1.165) is 167 Å². The van der Waals surface area contributed by atoms with E-state index in [1.165, 1.54) is 32.1 Å². The monoisotopic (exact) mass is 1370 g/mol. The van der Waals surface area contributed by atoms with Gasteiger partial charge in [0.1, 0.15) is 44.7 Å². The van der Waals surface area contributed by atoms with Crippen molar-refractivity contribution in [2.75, 3.05) is 52.9 Å². The largest absolute Gasteiger partial charge is 0.481 e. The molecule has 0 aromatic carbocycles. The van der Waals surface area contributed by atoms with Crippen LogP contribution in [0.4, 0.5) is 0 Å². The summed E-state index contributed by atoms with van der Waals surface area (Å²) in [5.74, 6) is -3.86. The quantitative estimate of drug-likeness (QED) is 0.0215. The maximum atomic E-state index is 12.5. The zero-order chi connectivity index (χ0) is 72.7. The minimum absolute atomic E-state index is 0.0373. The van der Waals surface area contributed by atoms with Gasteiger partial charge in [-0.1, -0.05) is 205 Å². The highest BCUT2D eigenvalue weighted by Gasteiger charge is 2.34. The number of unbranched alkanes of at least 4 members (excludes halogenated alkanes) is 12. The number of ether oxygens (including phenoxy) is 9. The molecule has 4 atom stereocenters. The molecule has 5 N–H and O–H groups in total. The zero-order valence-corrected chi connectivity index (χ0v) is 62.6. The fraction of sp³-hybridized carbons (Fsp3) is 0.905. The lowest BCUT2D eigenvalue weighted by atomic mass is 9.99. The van der Waals surface area contributed by atoms with E-state index in [2.05, 4.69) is 34.6 Å². The number of carbonyl (C=O) groups is 7. The third-order valence-corrected chi connectivity index (χ3v) is 15.4. The minimum atomic E-state index is -0.960. The average molecular weight is 1370 g/mol. The van der Waals surface area contributed by atoms with E-state index in [0.29, 0.717) is 39.1 Å². The van der Waals surface area contributed by atoms with Gasteiger partial charge in [0.25, 0.3) is 0 Å². The molecule has 2 aliphatic heterocycles. The molecular weight excluding hydrogens is 1220 g/mol. The molecule has 2 rings (SSSR count). The second-order valence-electron chi connectivity index (χ2n) is 25.9. The number of hydrogen-bond donors (Lipinski definition) is 5. The first-order valence-corrected chi connectivity index (χ1v) is 37.1. The number of rotatable bonds is 49. The molecule has 2 aliphatic rings. The average Bonchev–Trinajstić information content (AvgIpc) is 1.90. The Morgan fingerprint density at radius 3 is 1.07 bits per heavy atom. The fourth-order valence-corrected chi connectivity index (χ4v) is 10.2. The highest BCUT2D eigenvalue weighted by molar-refractivity contribution is 5.74. The normalized spacial score (nSPS) is 15.6. The molecule has 2 fully saturated rings. The molecule has 564 valence electrons. The smallest absolute Gasteiger partial charge is 0.309 e. The van der Waals surface area contributed by atoms with Gasteiger partial charge in [-0.2, -0.15) is 0 Å². The summed E-state index contributed by atoms with van der Waals surface area (Å²) >= 11 is 0. The standard InChI is InChI=1S/C27H50O6.C14H26O4.C11H22O4.2C8H16O2.C6H12O3/c1-5-9-11-13-15-19-25(28)31-21-24(33-26(29)20-16-14-12-10-6-2)22-32-27(30)23(17-7-3)18-8-4;1-5-7-11(8-6-2)13(15)16-9-12-10-17-14(3,4)18-12;1-3-5-9(6-4-2)11(14)15-8-10(13)7-12;1-3-5-7(6-4-2)8(9)10;1-2-3-4-5-6-7-8(9)10;1-6(2)8-4-5(3-7)9-6/h23-24H,5-22H2,1-4H3;11-12H,5-10H2,1-4H3;9-10,12-13H,3-8H2,1-2H3;7H,3-6H2,1-2H3,(H,9,10);2-7H2,1H3,(H,9,10);5,7H,3-4H2,1-2H3. The maximum Gasteiger partial charge on any atom is 0.309 e. The molecule has 0 saturated carbocycles. The molecule has 0 aromatic rings. The number of esters is 5. The van der Waals surface area contributed by atoms with Crippen LogP contribution in [0.5, 0.6) is 0 Å². The highest BCUT2D eigenvalue weighted by atomic mass is 16.8. The van der Waals surface area contributed by atoms with Crippen molar-refractivity contribution in [2.45, 2.75) is 358 Å². The van der Waals surface area contributed by atoms with Crippen LogP contribution in [0, 0.1) is 23.7 Å². The SMILES string of the molecule is CC1(C)OCC(CO)O1.CCCC(CCC)C(=O)O.CCCC(CCC)C(=O)OCC(O)CO.CCCC(CCC)C(=O)OCC1COC(C)(C)O1.CCCCCCCC(=O)O.CCCCCCCC(=O)OCC(COC(=O)C(CCC)CCC)OC(=O)CCCCCCC. The van der Waals surface area contributed by atoms with Crippen LogP contribution < -0.4 is 0 Å². The van der Waals surface area contributed by atoms with Gasteiger partial charge in [-0.3, -0.25) is 33.6 Å². The molecule has 2 saturated heterocycles. The topological polar surface area (TPSA) is 304 Å². The molecule has 0 bridgehead atoms. The summed E-state index contributed by atoms with van der Waals surface area (Å²) in [6.07, 6.45) is 29.4. The van der Waals surface area contributed by atoms with Crippen molar-refractivity contribution < 1.29 is 102 Å². The molecule has 21 nitrogen and oxygen atoms in total. The van der Waals surface area contributed by atoms with Gasteiger partial charge in [-0.15, -0.1) is 0 Å². The van der Waals surface area contributed by atoms with Crippen LogP contribution in [0.1, 0.15) is 322 Å². The Kier molecular flexibility index (Phi) is 67.6. The van der Waals surface area contributed by atoms with Crippen LogP contribution in [0.2, 0.25) is 0 Å². The van der Waals surface area contributed by atoms with Crippen molar-refractivity contribution in [3.05, 3.63) is 0 Å². The van der Waals surface area contributed by atoms with E-state index >= 15 is 0 Å². The van der Waals surface area contributed by atoms with Crippen LogP contribution in [0.15, 0.2) is 0 Å². The molecule has 21 heteroatoms. The summed E-state index contributed by atoms with van der Waals surface area (Å²) in [6, 6.07) is 0. The van der Waals surface area contributed by atoms with E-state index in [1.807, 2.05) is 69.2 Å². The van der Waals surface area contributed by atoms with Crippen molar-refractivity contribution >= 4 is 41.8 Å². The lowest BCUT2D eigenvalue weighted by molar-refractivity contribution is -0.168. The van der Waals surface area contributed by atoms with Crippen LogP contribution in [-0.4, -0.2) is 156 Å². The predicted octanol–water partition coefficient (Wildman–Crippen LogP) is 15.8. The molecule has 2 heterocycles. The number of aliphatic hydroxyl groups excluding tert-OH is 3. The van der Waals surface area contributed by atoms with E-state index in [-0.39, 0.29) is 98.8 Å². The first-order valence-electron chi connectivity index (χ1n) is 37.1. The number of aliphatic carboxylic acids is 2. The Morgan fingerprint density at radius 1 is 0.411 bits per heavy atom.